The van der Waals surface area contributed by atoms with Gasteiger partial charge in [0.1, 0.15) is 35.8 Å². The summed E-state index contributed by atoms with van der Waals surface area (Å²) >= 11 is 0. The molecule has 0 aliphatic heterocycles. The molecule has 0 aliphatic rings. The van der Waals surface area contributed by atoms with Crippen LogP contribution in [0, 0.1) is 0 Å². The molecule has 0 amide bonds. The number of hydrogen-bond acceptors (Lipinski definition) is 12. The molecule has 0 spiro atoms. The molecule has 0 saturated heterocycles. The fraction of sp³-hybridized carbons (Fsp3) is 0.278. The van der Waals surface area contributed by atoms with Crippen LogP contribution < -0.4 is 9.47 Å². The van der Waals surface area contributed by atoms with Crippen molar-refractivity contribution in [2.24, 2.45) is 0 Å². The molecule has 4 atom stereocenters. The second-order valence-corrected chi connectivity index (χ2v) is 11.1. The van der Waals surface area contributed by atoms with Crippen LogP contribution in [0.3, 0.4) is 0 Å². The van der Waals surface area contributed by atoms with Crippen molar-refractivity contribution >= 4 is 57.4 Å². The third-order valence-corrected chi connectivity index (χ3v) is 7.26. The molecule has 14 heteroatoms. The molecule has 50 heavy (non-hydrogen) atoms. The molecule has 0 bridgehead atoms. The van der Waals surface area contributed by atoms with E-state index in [4.69, 9.17) is 28.4 Å². The number of esters is 4. The lowest BCUT2D eigenvalue weighted by Gasteiger charge is -2.35. The van der Waals surface area contributed by atoms with E-state index in [0.29, 0.717) is 21.5 Å². The van der Waals surface area contributed by atoms with Crippen LogP contribution in [0.4, 0.5) is 0 Å². The number of carboxylic acid groups (broad SMARTS) is 2. The van der Waals surface area contributed by atoms with Gasteiger partial charge < -0.3 is 38.6 Å². The lowest BCUT2D eigenvalue weighted by atomic mass is 10.0. The van der Waals surface area contributed by atoms with E-state index in [0.717, 1.165) is 27.7 Å². The Hall–Kier alpha value is -6.18. The Labute approximate surface area is 285 Å². The molecule has 0 heterocycles. The van der Waals surface area contributed by atoms with Gasteiger partial charge in [-0.1, -0.05) is 48.5 Å². The maximum atomic E-state index is 12.4. The van der Waals surface area contributed by atoms with Gasteiger partial charge in [-0.3, -0.25) is 19.2 Å². The van der Waals surface area contributed by atoms with Gasteiger partial charge in [-0.15, -0.1) is 0 Å². The highest BCUT2D eigenvalue weighted by Crippen LogP contribution is 2.30. The maximum Gasteiger partial charge on any atom is 0.339 e. The van der Waals surface area contributed by atoms with Crippen LogP contribution in [0.25, 0.3) is 21.5 Å². The minimum atomic E-state index is -1.72. The number of carboxylic acids is 2. The zero-order chi connectivity index (χ0) is 36.5. The molecule has 0 aromatic heterocycles. The second-order valence-electron chi connectivity index (χ2n) is 11.1. The largest absolute Gasteiger partial charge is 0.489 e. The molecule has 0 saturated carbocycles. The zero-order valence-electron chi connectivity index (χ0n) is 27.4. The van der Waals surface area contributed by atoms with Crippen LogP contribution in [0.1, 0.15) is 48.4 Å². The van der Waals surface area contributed by atoms with Crippen molar-refractivity contribution in [2.45, 2.75) is 52.1 Å². The van der Waals surface area contributed by atoms with Gasteiger partial charge in [0, 0.05) is 27.7 Å². The van der Waals surface area contributed by atoms with E-state index < -0.39 is 73.4 Å². The Bertz CT molecular complexity index is 1790. The van der Waals surface area contributed by atoms with E-state index in [1.54, 1.807) is 48.5 Å². The quantitative estimate of drug-likeness (QED) is 0.130. The molecule has 0 radical (unpaired) electrons. The predicted molar refractivity (Wildman–Crippen MR) is 175 cm³/mol. The van der Waals surface area contributed by atoms with Crippen LogP contribution >= 0.6 is 0 Å². The molecule has 4 rings (SSSR count). The monoisotopic (exact) mass is 690 g/mol. The number of fused-ring (bicyclic) bond motifs is 2. The molecule has 0 unspecified atom stereocenters. The summed E-state index contributed by atoms with van der Waals surface area (Å²) in [6, 6.07) is 19.5. The summed E-state index contributed by atoms with van der Waals surface area (Å²) < 4.78 is 33.7. The normalized spacial score (nSPS) is 13.3. The second kappa shape index (κ2) is 16.3. The van der Waals surface area contributed by atoms with Gasteiger partial charge in [-0.25, -0.2) is 9.59 Å². The van der Waals surface area contributed by atoms with Crippen molar-refractivity contribution < 1.29 is 67.4 Å². The van der Waals surface area contributed by atoms with Gasteiger partial charge in [0.2, 0.25) is 0 Å². The van der Waals surface area contributed by atoms with Crippen molar-refractivity contribution in [1.82, 2.24) is 0 Å². The van der Waals surface area contributed by atoms with Gasteiger partial charge in [0.05, 0.1) is 0 Å². The minimum absolute atomic E-state index is 0.115. The summed E-state index contributed by atoms with van der Waals surface area (Å²) in [7, 11) is 0. The van der Waals surface area contributed by atoms with Crippen LogP contribution in [0.15, 0.2) is 72.8 Å². The average molecular weight is 691 g/mol. The molecule has 0 aliphatic carbocycles. The van der Waals surface area contributed by atoms with Gasteiger partial charge in [0.25, 0.3) is 0 Å². The number of hydrogen-bond donors (Lipinski definition) is 2. The number of carbonyl (C=O) groups excluding carboxylic acids is 4. The molecule has 4 aromatic carbocycles. The minimum Gasteiger partial charge on any atom is -0.489 e. The van der Waals surface area contributed by atoms with E-state index in [2.05, 4.69) is 0 Å². The van der Waals surface area contributed by atoms with Gasteiger partial charge in [-0.2, -0.15) is 0 Å². The molecular formula is C36H34O14. The molecular weight excluding hydrogens is 656 g/mol. The molecule has 0 fully saturated rings. The van der Waals surface area contributed by atoms with Gasteiger partial charge in [0.15, 0.2) is 24.4 Å². The Morgan fingerprint density at radius 3 is 1.08 bits per heavy atom. The van der Waals surface area contributed by atoms with E-state index in [1.165, 1.54) is 24.3 Å². The van der Waals surface area contributed by atoms with E-state index in [9.17, 15) is 39.0 Å². The number of carbonyl (C=O) groups is 6. The summed E-state index contributed by atoms with van der Waals surface area (Å²) in [5, 5.41) is 22.3. The molecule has 4 aromatic rings. The highest BCUT2D eigenvalue weighted by molar-refractivity contribution is 5.98. The molecule has 14 nitrogen and oxygen atoms in total. The third-order valence-electron chi connectivity index (χ3n) is 7.26. The van der Waals surface area contributed by atoms with Crippen LogP contribution in [0.2, 0.25) is 0 Å². The number of ether oxygens (including phenoxy) is 6. The Balaban J connectivity index is 1.74. The van der Waals surface area contributed by atoms with Crippen molar-refractivity contribution in [1.29, 1.82) is 0 Å². The summed E-state index contributed by atoms with van der Waals surface area (Å²) in [6.07, 6.45) is -6.61. The first-order chi connectivity index (χ1) is 23.7. The lowest BCUT2D eigenvalue weighted by molar-refractivity contribution is -0.202. The first kappa shape index (κ1) is 36.7. The lowest BCUT2D eigenvalue weighted by Crippen LogP contribution is -2.54. The van der Waals surface area contributed by atoms with E-state index >= 15 is 0 Å². The highest BCUT2D eigenvalue weighted by atomic mass is 16.6. The first-order valence-corrected chi connectivity index (χ1v) is 15.2. The van der Waals surface area contributed by atoms with Crippen molar-refractivity contribution in [3.05, 3.63) is 83.9 Å². The topological polar surface area (TPSA) is 198 Å². The van der Waals surface area contributed by atoms with Crippen LogP contribution in [0.5, 0.6) is 11.5 Å². The SMILES string of the molecule is CC(=O)O[C@H]([C@H](OC(C)=O)[C@H](COc1cc2ccccc2cc1C(=O)O)OC(C)=O)[C@@H](COc1cc2ccccc2cc1C(=O)O)OC(C)=O. The summed E-state index contributed by atoms with van der Waals surface area (Å²) in [5.74, 6) is -6.46. The van der Waals surface area contributed by atoms with E-state index in [-0.39, 0.29) is 22.6 Å². The van der Waals surface area contributed by atoms with Crippen molar-refractivity contribution in [2.75, 3.05) is 13.2 Å². The van der Waals surface area contributed by atoms with Crippen molar-refractivity contribution in [3.63, 3.8) is 0 Å². The first-order valence-electron chi connectivity index (χ1n) is 15.2. The number of rotatable bonds is 15. The fourth-order valence-corrected chi connectivity index (χ4v) is 5.27. The summed E-state index contributed by atoms with van der Waals surface area (Å²) in [6.45, 7) is 2.90. The number of benzene rings is 4. The summed E-state index contributed by atoms with van der Waals surface area (Å²) in [4.78, 5) is 73.8. The third kappa shape index (κ3) is 9.46. The number of aromatic carboxylic acids is 2. The fourth-order valence-electron chi connectivity index (χ4n) is 5.27. The average Bonchev–Trinajstić information content (AvgIpc) is 3.05. The highest BCUT2D eigenvalue weighted by Gasteiger charge is 2.44. The standard InChI is InChI=1S/C36H34O14/c1-19(37)47-31(17-45-29-15-25-11-7-5-9-23(25)13-27(29)35(41)42)33(49-21(3)39)34(50-22(4)40)32(48-20(2)38)18-46-30-16-26-12-8-6-10-24(26)14-28(30)36(43)44/h5-16,31-34H,17-18H2,1-4H3,(H,41,42)(H,43,44)/t31-,32+,33+,34-. The van der Waals surface area contributed by atoms with Crippen molar-refractivity contribution in [3.8, 4) is 11.5 Å². The molecule has 262 valence electrons. The predicted octanol–water partition coefficient (Wildman–Crippen LogP) is 4.57. The van der Waals surface area contributed by atoms with Crippen LogP contribution in [-0.2, 0) is 38.1 Å². The smallest absolute Gasteiger partial charge is 0.339 e. The van der Waals surface area contributed by atoms with E-state index in [1.807, 2.05) is 0 Å². The Kier molecular flexibility index (Phi) is 11.9. The van der Waals surface area contributed by atoms with Gasteiger partial charge in [-0.05, 0) is 45.8 Å². The van der Waals surface area contributed by atoms with Gasteiger partial charge >= 0.3 is 35.8 Å². The Morgan fingerprint density at radius 1 is 0.500 bits per heavy atom. The Morgan fingerprint density at radius 2 is 0.800 bits per heavy atom. The zero-order valence-corrected chi connectivity index (χ0v) is 27.4. The van der Waals surface area contributed by atoms with Crippen LogP contribution in [-0.4, -0.2) is 83.7 Å². The maximum absolute atomic E-state index is 12.4. The summed E-state index contributed by atoms with van der Waals surface area (Å²) in [5.41, 5.74) is -0.441. The molecule has 2 N–H and O–H groups in total.